The number of halogens is 1. The van der Waals surface area contributed by atoms with Gasteiger partial charge in [0.25, 0.3) is 5.91 Å². The molecule has 0 aliphatic carbocycles. The third kappa shape index (κ3) is 5.10. The van der Waals surface area contributed by atoms with Gasteiger partial charge in [-0.05, 0) is 34.4 Å². The monoisotopic (exact) mass is 353 g/mol. The van der Waals surface area contributed by atoms with E-state index >= 15 is 0 Å². The van der Waals surface area contributed by atoms with Crippen LogP contribution in [-0.2, 0) is 6.54 Å². The fraction of sp³-hybridized carbons (Fsp3) is 0.400. The number of carbonyl (C=O) groups is 1. The van der Waals surface area contributed by atoms with Crippen LogP contribution >= 0.6 is 11.6 Å². The molecule has 0 spiro atoms. The van der Waals surface area contributed by atoms with Crippen LogP contribution in [0.2, 0.25) is 5.02 Å². The number of nitrogens with two attached hydrogens (primary N) is 1. The van der Waals surface area contributed by atoms with Crippen molar-refractivity contribution >= 4 is 23.3 Å². The fourth-order valence-electron chi connectivity index (χ4n) is 1.92. The maximum Gasteiger partial charge on any atom is 0.277 e. The number of hydrogen-bond acceptors (Lipinski definition) is 7. The van der Waals surface area contributed by atoms with Gasteiger partial charge in [-0.3, -0.25) is 4.79 Å². The SMILES string of the molecule is CCCOc1ccc(CNCCNC(=O)c2nonc2N)cc1Cl. The predicted octanol–water partition coefficient (Wildman–Crippen LogP) is 1.61. The quantitative estimate of drug-likeness (QED) is 0.586. The number of nitrogens with one attached hydrogen (secondary N) is 2. The van der Waals surface area contributed by atoms with Gasteiger partial charge in [0, 0.05) is 19.6 Å². The summed E-state index contributed by atoms with van der Waals surface area (Å²) < 4.78 is 9.90. The zero-order chi connectivity index (χ0) is 17.4. The number of hydrogen-bond donors (Lipinski definition) is 3. The second-order valence-corrected chi connectivity index (χ2v) is 5.45. The number of carbonyl (C=O) groups excluding carboxylic acids is 1. The first-order chi connectivity index (χ1) is 11.6. The molecule has 0 unspecified atom stereocenters. The summed E-state index contributed by atoms with van der Waals surface area (Å²) in [6, 6.07) is 5.67. The van der Waals surface area contributed by atoms with Crippen LogP contribution < -0.4 is 21.1 Å². The summed E-state index contributed by atoms with van der Waals surface area (Å²) in [4.78, 5) is 11.7. The van der Waals surface area contributed by atoms with Crippen LogP contribution in [0.25, 0.3) is 0 Å². The molecule has 4 N–H and O–H groups in total. The Morgan fingerprint density at radius 3 is 2.88 bits per heavy atom. The molecule has 0 atom stereocenters. The van der Waals surface area contributed by atoms with Gasteiger partial charge in [-0.15, -0.1) is 0 Å². The lowest BCUT2D eigenvalue weighted by Gasteiger charge is -2.10. The minimum Gasteiger partial charge on any atom is -0.492 e. The molecule has 0 bridgehead atoms. The summed E-state index contributed by atoms with van der Waals surface area (Å²) in [6.45, 7) is 4.29. The number of aromatic nitrogens is 2. The first kappa shape index (κ1) is 18.0. The van der Waals surface area contributed by atoms with Crippen LogP contribution in [0.3, 0.4) is 0 Å². The van der Waals surface area contributed by atoms with Crippen molar-refractivity contribution in [2.24, 2.45) is 0 Å². The molecule has 1 amide bonds. The normalized spacial score (nSPS) is 10.6. The molecule has 1 aromatic carbocycles. The molecule has 24 heavy (non-hydrogen) atoms. The summed E-state index contributed by atoms with van der Waals surface area (Å²) >= 11 is 6.18. The Morgan fingerprint density at radius 1 is 1.38 bits per heavy atom. The van der Waals surface area contributed by atoms with Gasteiger partial charge in [0.2, 0.25) is 11.5 Å². The van der Waals surface area contributed by atoms with Gasteiger partial charge < -0.3 is 21.1 Å². The topological polar surface area (TPSA) is 115 Å². The molecule has 130 valence electrons. The van der Waals surface area contributed by atoms with E-state index in [0.717, 1.165) is 12.0 Å². The van der Waals surface area contributed by atoms with E-state index < -0.39 is 5.91 Å². The molecule has 0 saturated heterocycles. The van der Waals surface area contributed by atoms with Gasteiger partial charge in [0.1, 0.15) is 5.75 Å². The van der Waals surface area contributed by atoms with Crippen LogP contribution in [0.4, 0.5) is 5.82 Å². The molecule has 2 rings (SSSR count). The number of benzene rings is 1. The van der Waals surface area contributed by atoms with Crippen molar-refractivity contribution in [1.29, 1.82) is 0 Å². The second kappa shape index (κ2) is 9.09. The lowest BCUT2D eigenvalue weighted by molar-refractivity contribution is 0.0944. The molecule has 9 heteroatoms. The number of nitrogens with zero attached hydrogens (tertiary/aromatic N) is 2. The second-order valence-electron chi connectivity index (χ2n) is 5.04. The molecule has 2 aromatic rings. The average Bonchev–Trinajstić information content (AvgIpc) is 2.99. The maximum atomic E-state index is 11.7. The van der Waals surface area contributed by atoms with Crippen LogP contribution in [-0.4, -0.2) is 35.9 Å². The minimum atomic E-state index is -0.420. The Hall–Kier alpha value is -2.32. The molecule has 0 fully saturated rings. The summed E-state index contributed by atoms with van der Waals surface area (Å²) in [5, 5.41) is 13.2. The van der Waals surface area contributed by atoms with E-state index in [4.69, 9.17) is 22.1 Å². The smallest absolute Gasteiger partial charge is 0.277 e. The Balaban J connectivity index is 1.70. The zero-order valence-electron chi connectivity index (χ0n) is 13.3. The van der Waals surface area contributed by atoms with E-state index in [9.17, 15) is 4.79 Å². The van der Waals surface area contributed by atoms with Crippen molar-refractivity contribution in [3.8, 4) is 5.75 Å². The molecule has 0 aliphatic heterocycles. The van der Waals surface area contributed by atoms with Crippen molar-refractivity contribution in [2.75, 3.05) is 25.4 Å². The van der Waals surface area contributed by atoms with Crippen molar-refractivity contribution in [2.45, 2.75) is 19.9 Å². The van der Waals surface area contributed by atoms with Gasteiger partial charge in [-0.1, -0.05) is 24.6 Å². The Kier molecular flexibility index (Phi) is 6.83. The summed E-state index contributed by atoms with van der Waals surface area (Å²) in [5.41, 5.74) is 6.46. The van der Waals surface area contributed by atoms with Crippen molar-refractivity contribution < 1.29 is 14.2 Å². The molecule has 1 heterocycles. The Morgan fingerprint density at radius 2 is 2.21 bits per heavy atom. The molecular weight excluding hydrogens is 334 g/mol. The zero-order valence-corrected chi connectivity index (χ0v) is 14.1. The number of rotatable bonds is 9. The van der Waals surface area contributed by atoms with E-state index in [0.29, 0.717) is 37.0 Å². The highest BCUT2D eigenvalue weighted by atomic mass is 35.5. The standard InChI is InChI=1S/C15H20ClN5O3/c1-2-7-23-12-4-3-10(8-11(12)16)9-18-5-6-19-15(22)13-14(17)21-24-20-13/h3-4,8,18H,2,5-7,9H2,1H3,(H2,17,21)(H,19,22). The molecule has 0 saturated carbocycles. The average molecular weight is 354 g/mol. The number of amides is 1. The highest BCUT2D eigenvalue weighted by Gasteiger charge is 2.14. The predicted molar refractivity (Wildman–Crippen MR) is 90.0 cm³/mol. The highest BCUT2D eigenvalue weighted by Crippen LogP contribution is 2.25. The van der Waals surface area contributed by atoms with Crippen LogP contribution in [0.5, 0.6) is 5.75 Å². The first-order valence-electron chi connectivity index (χ1n) is 7.60. The number of nitrogen functional groups attached to an aromatic ring is 1. The molecule has 0 aliphatic rings. The lowest BCUT2D eigenvalue weighted by Crippen LogP contribution is -2.32. The summed E-state index contributed by atoms with van der Waals surface area (Å²) in [7, 11) is 0. The fourth-order valence-corrected chi connectivity index (χ4v) is 2.17. The van der Waals surface area contributed by atoms with Crippen molar-refractivity contribution in [1.82, 2.24) is 20.9 Å². The van der Waals surface area contributed by atoms with Crippen LogP contribution in [0.1, 0.15) is 29.4 Å². The van der Waals surface area contributed by atoms with Gasteiger partial charge in [0.05, 0.1) is 11.6 Å². The van der Waals surface area contributed by atoms with Crippen molar-refractivity contribution in [3.63, 3.8) is 0 Å². The summed E-state index contributed by atoms with van der Waals surface area (Å²) in [5.74, 6) is 0.241. The Bertz CT molecular complexity index is 677. The Labute approximate surface area is 144 Å². The van der Waals surface area contributed by atoms with E-state index in [1.54, 1.807) is 0 Å². The van der Waals surface area contributed by atoms with E-state index in [1.807, 2.05) is 25.1 Å². The van der Waals surface area contributed by atoms with Gasteiger partial charge >= 0.3 is 0 Å². The number of ether oxygens (including phenoxy) is 1. The maximum absolute atomic E-state index is 11.7. The van der Waals surface area contributed by atoms with Crippen molar-refractivity contribution in [3.05, 3.63) is 34.5 Å². The number of anilines is 1. The minimum absolute atomic E-state index is 0.00977. The summed E-state index contributed by atoms with van der Waals surface area (Å²) in [6.07, 6.45) is 0.932. The van der Waals surface area contributed by atoms with Crippen LogP contribution in [0.15, 0.2) is 22.8 Å². The first-order valence-corrected chi connectivity index (χ1v) is 7.97. The molecule has 1 aromatic heterocycles. The lowest BCUT2D eigenvalue weighted by atomic mass is 10.2. The van der Waals surface area contributed by atoms with Gasteiger partial charge in [-0.25, -0.2) is 4.63 Å². The third-order valence-corrected chi connectivity index (χ3v) is 3.40. The third-order valence-electron chi connectivity index (χ3n) is 3.10. The molecule has 8 nitrogen and oxygen atoms in total. The molecule has 0 radical (unpaired) electrons. The van der Waals surface area contributed by atoms with E-state index in [-0.39, 0.29) is 11.5 Å². The highest BCUT2D eigenvalue weighted by molar-refractivity contribution is 6.32. The van der Waals surface area contributed by atoms with Gasteiger partial charge in [-0.2, -0.15) is 0 Å². The van der Waals surface area contributed by atoms with E-state index in [2.05, 4.69) is 25.6 Å². The molecular formula is C15H20ClN5O3. The van der Waals surface area contributed by atoms with Gasteiger partial charge in [0.15, 0.2) is 0 Å². The van der Waals surface area contributed by atoms with Crippen LogP contribution in [0, 0.1) is 0 Å². The largest absolute Gasteiger partial charge is 0.492 e. The van der Waals surface area contributed by atoms with E-state index in [1.165, 1.54) is 0 Å².